The van der Waals surface area contributed by atoms with Gasteiger partial charge in [0.15, 0.2) is 0 Å². The van der Waals surface area contributed by atoms with E-state index in [1.54, 1.807) is 0 Å². The smallest absolute Gasteiger partial charge is 0.142 e. The van der Waals surface area contributed by atoms with E-state index < -0.39 is 0 Å². The van der Waals surface area contributed by atoms with Crippen molar-refractivity contribution in [3.05, 3.63) is 36.3 Å². The lowest BCUT2D eigenvalue weighted by atomic mass is 10.3. The van der Waals surface area contributed by atoms with E-state index in [2.05, 4.69) is 11.5 Å². The standard InChI is InChI=1S/C16H29NO3/c1-6-10-16(20-9-4)15(7-2)17(5)11-12-19-14-13-18-8-3/h6-7,10H,2,8-9,11-14H2,1,3-5H3/b10-6+,16-15-. The number of likely N-dealkylation sites (N-methyl/N-ethyl adjacent to an activating group) is 1. The molecule has 0 amide bonds. The van der Waals surface area contributed by atoms with Crippen LogP contribution in [0.15, 0.2) is 36.3 Å². The van der Waals surface area contributed by atoms with Gasteiger partial charge in [-0.15, -0.1) is 0 Å². The molecule has 0 rings (SSSR count). The van der Waals surface area contributed by atoms with Crippen LogP contribution in [0.2, 0.25) is 0 Å². The quantitative estimate of drug-likeness (QED) is 0.313. The van der Waals surface area contributed by atoms with Gasteiger partial charge in [0.25, 0.3) is 0 Å². The highest BCUT2D eigenvalue weighted by Gasteiger charge is 2.07. The lowest BCUT2D eigenvalue weighted by molar-refractivity contribution is 0.0477. The van der Waals surface area contributed by atoms with Crippen molar-refractivity contribution in [2.75, 3.05) is 46.6 Å². The molecule has 0 radical (unpaired) electrons. The van der Waals surface area contributed by atoms with Crippen LogP contribution >= 0.6 is 0 Å². The fourth-order valence-corrected chi connectivity index (χ4v) is 1.65. The van der Waals surface area contributed by atoms with Crippen LogP contribution in [0.3, 0.4) is 0 Å². The Labute approximate surface area is 123 Å². The first-order valence-corrected chi connectivity index (χ1v) is 7.20. The van der Waals surface area contributed by atoms with Gasteiger partial charge in [-0.3, -0.25) is 0 Å². The summed E-state index contributed by atoms with van der Waals surface area (Å²) >= 11 is 0. The Hall–Kier alpha value is -1.26. The fourth-order valence-electron chi connectivity index (χ4n) is 1.65. The zero-order valence-electron chi connectivity index (χ0n) is 13.4. The number of ether oxygens (including phenoxy) is 3. The summed E-state index contributed by atoms with van der Waals surface area (Å²) in [7, 11) is 2.01. The summed E-state index contributed by atoms with van der Waals surface area (Å²) < 4.78 is 16.4. The molecule has 0 spiro atoms. The van der Waals surface area contributed by atoms with E-state index in [1.807, 2.05) is 46.0 Å². The maximum absolute atomic E-state index is 5.64. The van der Waals surface area contributed by atoms with Crippen molar-refractivity contribution in [2.24, 2.45) is 0 Å². The molecule has 0 saturated carbocycles. The monoisotopic (exact) mass is 283 g/mol. The van der Waals surface area contributed by atoms with Crippen molar-refractivity contribution < 1.29 is 14.2 Å². The van der Waals surface area contributed by atoms with Gasteiger partial charge >= 0.3 is 0 Å². The molecule has 0 aliphatic carbocycles. The summed E-state index contributed by atoms with van der Waals surface area (Å²) in [6, 6.07) is 0. The van der Waals surface area contributed by atoms with Gasteiger partial charge in [-0.05, 0) is 32.9 Å². The van der Waals surface area contributed by atoms with Crippen LogP contribution in [0.5, 0.6) is 0 Å². The number of hydrogen-bond acceptors (Lipinski definition) is 4. The number of nitrogens with zero attached hydrogens (tertiary/aromatic N) is 1. The first-order valence-electron chi connectivity index (χ1n) is 7.20. The van der Waals surface area contributed by atoms with E-state index in [-0.39, 0.29) is 0 Å². The molecule has 0 aromatic heterocycles. The average Bonchev–Trinajstić information content (AvgIpc) is 2.44. The van der Waals surface area contributed by atoms with E-state index >= 15 is 0 Å². The maximum Gasteiger partial charge on any atom is 0.142 e. The molecule has 20 heavy (non-hydrogen) atoms. The molecule has 0 unspecified atom stereocenters. The highest BCUT2D eigenvalue weighted by Crippen LogP contribution is 2.13. The fraction of sp³-hybridized carbons (Fsp3) is 0.625. The summed E-state index contributed by atoms with van der Waals surface area (Å²) in [6.07, 6.45) is 5.72. The van der Waals surface area contributed by atoms with E-state index in [4.69, 9.17) is 14.2 Å². The molecule has 0 aliphatic heterocycles. The Morgan fingerprint density at radius 1 is 1.10 bits per heavy atom. The summed E-state index contributed by atoms with van der Waals surface area (Å²) in [5.74, 6) is 0.835. The number of allylic oxidation sites excluding steroid dienone is 3. The van der Waals surface area contributed by atoms with Crippen molar-refractivity contribution in [1.29, 1.82) is 0 Å². The van der Waals surface area contributed by atoms with E-state index in [9.17, 15) is 0 Å². The highest BCUT2D eigenvalue weighted by atomic mass is 16.5. The lowest BCUT2D eigenvalue weighted by Gasteiger charge is -2.22. The number of hydrogen-bond donors (Lipinski definition) is 0. The molecule has 0 aromatic rings. The Kier molecular flexibility index (Phi) is 12.0. The Morgan fingerprint density at radius 3 is 2.35 bits per heavy atom. The largest absolute Gasteiger partial charge is 0.492 e. The van der Waals surface area contributed by atoms with Gasteiger partial charge in [0, 0.05) is 20.2 Å². The SMILES string of the molecule is C=C/C(=C(\C=C\C)OCC)N(C)CCOCCOCC. The van der Waals surface area contributed by atoms with Gasteiger partial charge < -0.3 is 19.1 Å². The molecule has 0 atom stereocenters. The normalized spacial score (nSPS) is 12.4. The second kappa shape index (κ2) is 12.8. The Bertz CT molecular complexity index is 311. The summed E-state index contributed by atoms with van der Waals surface area (Å²) in [5.41, 5.74) is 0.971. The van der Waals surface area contributed by atoms with Crippen LogP contribution in [0.4, 0.5) is 0 Å². The van der Waals surface area contributed by atoms with Crippen molar-refractivity contribution in [3.8, 4) is 0 Å². The third-order valence-electron chi connectivity index (χ3n) is 2.62. The first-order chi connectivity index (χ1) is 9.71. The van der Waals surface area contributed by atoms with Crippen molar-refractivity contribution in [1.82, 2.24) is 4.90 Å². The molecular weight excluding hydrogens is 254 g/mol. The lowest BCUT2D eigenvalue weighted by Crippen LogP contribution is -2.24. The van der Waals surface area contributed by atoms with Crippen molar-refractivity contribution in [2.45, 2.75) is 20.8 Å². The molecule has 0 aliphatic rings. The molecule has 4 heteroatoms. The molecule has 0 aromatic carbocycles. The third kappa shape index (κ3) is 8.02. The average molecular weight is 283 g/mol. The molecule has 4 nitrogen and oxygen atoms in total. The van der Waals surface area contributed by atoms with Crippen molar-refractivity contribution in [3.63, 3.8) is 0 Å². The minimum atomic E-state index is 0.627. The van der Waals surface area contributed by atoms with Gasteiger partial charge in [0.2, 0.25) is 0 Å². The molecule has 0 heterocycles. The second-order valence-electron chi connectivity index (χ2n) is 4.12. The van der Waals surface area contributed by atoms with Crippen LogP contribution < -0.4 is 0 Å². The number of rotatable bonds is 12. The maximum atomic E-state index is 5.64. The molecule has 0 N–H and O–H groups in total. The second-order valence-corrected chi connectivity index (χ2v) is 4.12. The van der Waals surface area contributed by atoms with Crippen molar-refractivity contribution >= 4 is 0 Å². The van der Waals surface area contributed by atoms with Crippen LogP contribution in [0.1, 0.15) is 20.8 Å². The molecule has 116 valence electrons. The summed E-state index contributed by atoms with van der Waals surface area (Å²) in [6.45, 7) is 13.8. The van der Waals surface area contributed by atoms with E-state index in [1.165, 1.54) is 0 Å². The van der Waals surface area contributed by atoms with Gasteiger partial charge in [0.1, 0.15) is 5.76 Å². The molecule has 0 fully saturated rings. The van der Waals surface area contributed by atoms with Gasteiger partial charge in [-0.25, -0.2) is 0 Å². The van der Waals surface area contributed by atoms with Crippen LogP contribution in [-0.2, 0) is 14.2 Å². The zero-order chi connectivity index (χ0) is 15.2. The summed E-state index contributed by atoms with van der Waals surface area (Å²) in [4.78, 5) is 2.08. The highest BCUT2D eigenvalue weighted by molar-refractivity contribution is 5.26. The minimum absolute atomic E-state index is 0.627. The molecular formula is C16H29NO3. The van der Waals surface area contributed by atoms with E-state index in [0.29, 0.717) is 26.4 Å². The Balaban J connectivity index is 4.34. The van der Waals surface area contributed by atoms with Crippen LogP contribution in [0, 0.1) is 0 Å². The minimum Gasteiger partial charge on any atom is -0.492 e. The Morgan fingerprint density at radius 2 is 1.80 bits per heavy atom. The van der Waals surface area contributed by atoms with Crippen LogP contribution in [0.25, 0.3) is 0 Å². The predicted molar refractivity (Wildman–Crippen MR) is 83.6 cm³/mol. The predicted octanol–water partition coefficient (Wildman–Crippen LogP) is 2.98. The van der Waals surface area contributed by atoms with Gasteiger partial charge in [-0.2, -0.15) is 0 Å². The third-order valence-corrected chi connectivity index (χ3v) is 2.62. The molecule has 0 bridgehead atoms. The van der Waals surface area contributed by atoms with Gasteiger partial charge in [-0.1, -0.05) is 12.7 Å². The van der Waals surface area contributed by atoms with E-state index in [0.717, 1.165) is 24.6 Å². The zero-order valence-corrected chi connectivity index (χ0v) is 13.4. The van der Waals surface area contributed by atoms with Gasteiger partial charge in [0.05, 0.1) is 32.1 Å². The summed E-state index contributed by atoms with van der Waals surface area (Å²) in [5, 5.41) is 0. The molecule has 0 saturated heterocycles. The topological polar surface area (TPSA) is 30.9 Å². The van der Waals surface area contributed by atoms with Crippen LogP contribution in [-0.4, -0.2) is 51.5 Å². The first kappa shape index (κ1) is 18.7.